The van der Waals surface area contributed by atoms with Gasteiger partial charge in [-0.1, -0.05) is 29.5 Å². The third-order valence-electron chi connectivity index (χ3n) is 5.28. The second-order valence-electron chi connectivity index (χ2n) is 7.71. The Morgan fingerprint density at radius 3 is 2.61 bits per heavy atom. The van der Waals surface area contributed by atoms with Crippen LogP contribution in [-0.4, -0.2) is 45.0 Å². The third kappa shape index (κ3) is 4.71. The number of thiazole rings is 1. The molecule has 4 rings (SSSR count). The number of hydrogen-bond donors (Lipinski definition) is 0. The van der Waals surface area contributed by atoms with Crippen molar-refractivity contribution in [2.24, 2.45) is 4.99 Å². The summed E-state index contributed by atoms with van der Waals surface area (Å²) in [4.78, 5) is 34.6. The Morgan fingerprint density at radius 1 is 1.21 bits per heavy atom. The summed E-state index contributed by atoms with van der Waals surface area (Å²) in [5.74, 6) is -0.486. The maximum Gasteiger partial charge on any atom is 0.338 e. The van der Waals surface area contributed by atoms with Gasteiger partial charge < -0.3 is 14.4 Å². The van der Waals surface area contributed by atoms with E-state index in [0.717, 1.165) is 16.1 Å². The smallest absolute Gasteiger partial charge is 0.338 e. The molecule has 0 bridgehead atoms. The first-order valence-electron chi connectivity index (χ1n) is 10.4. The number of rotatable bonds is 7. The van der Waals surface area contributed by atoms with E-state index in [1.807, 2.05) is 66.8 Å². The zero-order chi connectivity index (χ0) is 23.5. The number of anilines is 1. The summed E-state index contributed by atoms with van der Waals surface area (Å²) in [6.07, 6.45) is 1.87. The molecule has 0 N–H and O–H groups in total. The second-order valence-corrected chi connectivity index (χ2v) is 9.70. The summed E-state index contributed by atoms with van der Waals surface area (Å²) in [7, 11) is 5.52. The van der Waals surface area contributed by atoms with Crippen molar-refractivity contribution in [1.29, 1.82) is 0 Å². The van der Waals surface area contributed by atoms with Crippen LogP contribution in [0.3, 0.4) is 0 Å². The average Bonchev–Trinajstić information content (AvgIpc) is 3.42. The minimum absolute atomic E-state index is 0.136. The molecule has 3 heterocycles. The molecule has 2 aromatic heterocycles. The van der Waals surface area contributed by atoms with Gasteiger partial charge in [0, 0.05) is 31.8 Å². The van der Waals surface area contributed by atoms with E-state index in [0.29, 0.717) is 27.2 Å². The van der Waals surface area contributed by atoms with Crippen molar-refractivity contribution in [3.8, 4) is 0 Å². The molecule has 33 heavy (non-hydrogen) atoms. The SMILES string of the molecule is COCCOC(=O)C1=C(C)N=c2s/c(=C\c3ccc(N(C)C)cc3)c(=O)n2C1c1cccs1. The highest BCUT2D eigenvalue weighted by Crippen LogP contribution is 2.33. The number of ether oxygens (including phenoxy) is 2. The van der Waals surface area contributed by atoms with Crippen LogP contribution in [0.15, 0.2) is 62.8 Å². The minimum atomic E-state index is -0.574. The topological polar surface area (TPSA) is 73.1 Å². The normalized spacial score (nSPS) is 15.9. The Hall–Kier alpha value is -3.01. The van der Waals surface area contributed by atoms with E-state index < -0.39 is 12.0 Å². The van der Waals surface area contributed by atoms with E-state index in [1.54, 1.807) is 18.6 Å². The summed E-state index contributed by atoms with van der Waals surface area (Å²) in [6.45, 7) is 2.22. The van der Waals surface area contributed by atoms with Gasteiger partial charge in [0.05, 0.1) is 22.4 Å². The second kappa shape index (κ2) is 9.86. The fraction of sp³-hybridized carbons (Fsp3) is 0.292. The van der Waals surface area contributed by atoms with E-state index in [2.05, 4.69) is 4.99 Å². The van der Waals surface area contributed by atoms with Crippen LogP contribution in [0.1, 0.15) is 23.4 Å². The van der Waals surface area contributed by atoms with Crippen LogP contribution in [0.5, 0.6) is 0 Å². The highest BCUT2D eigenvalue weighted by atomic mass is 32.1. The van der Waals surface area contributed by atoms with Gasteiger partial charge in [0.1, 0.15) is 12.6 Å². The fourth-order valence-electron chi connectivity index (χ4n) is 3.61. The van der Waals surface area contributed by atoms with Crippen LogP contribution in [-0.2, 0) is 14.3 Å². The molecule has 0 saturated heterocycles. The molecule has 0 radical (unpaired) electrons. The Balaban J connectivity index is 1.81. The van der Waals surface area contributed by atoms with E-state index in [9.17, 15) is 9.59 Å². The number of fused-ring (bicyclic) bond motifs is 1. The molecule has 1 unspecified atom stereocenters. The molecule has 172 valence electrons. The number of esters is 1. The summed E-state index contributed by atoms with van der Waals surface area (Å²) in [5, 5.41) is 1.93. The molecule has 1 aliphatic rings. The molecule has 0 fully saturated rings. The molecular weight excluding hydrogens is 458 g/mol. The Bertz CT molecular complexity index is 1350. The first kappa shape index (κ1) is 23.2. The lowest BCUT2D eigenvalue weighted by Crippen LogP contribution is -2.39. The molecule has 9 heteroatoms. The van der Waals surface area contributed by atoms with E-state index >= 15 is 0 Å². The van der Waals surface area contributed by atoms with Crippen LogP contribution in [0.2, 0.25) is 0 Å². The van der Waals surface area contributed by atoms with Crippen molar-refractivity contribution in [2.75, 3.05) is 39.3 Å². The zero-order valence-electron chi connectivity index (χ0n) is 18.9. The molecule has 0 spiro atoms. The number of allylic oxidation sites excluding steroid dienone is 1. The molecule has 0 amide bonds. The lowest BCUT2D eigenvalue weighted by Gasteiger charge is -2.23. The standard InChI is InChI=1S/C24H25N3O4S2/c1-15-20(23(29)31-12-11-30-4)21(18-6-5-13-32-18)27-22(28)19(33-24(27)25-15)14-16-7-9-17(10-8-16)26(2)3/h5-10,13-14,21H,11-12H2,1-4H3/b19-14-. The zero-order valence-corrected chi connectivity index (χ0v) is 20.5. The first-order chi connectivity index (χ1) is 15.9. The summed E-state index contributed by atoms with van der Waals surface area (Å²) < 4.78 is 12.6. The van der Waals surface area contributed by atoms with Gasteiger partial charge >= 0.3 is 5.97 Å². The third-order valence-corrected chi connectivity index (χ3v) is 7.19. The Labute approximate surface area is 199 Å². The maximum absolute atomic E-state index is 13.5. The Morgan fingerprint density at radius 2 is 1.97 bits per heavy atom. The number of methoxy groups -OCH3 is 1. The predicted molar refractivity (Wildman–Crippen MR) is 132 cm³/mol. The number of benzene rings is 1. The number of hydrogen-bond acceptors (Lipinski definition) is 8. The average molecular weight is 484 g/mol. The number of carbonyl (C=O) groups excluding carboxylic acids is 1. The number of thiophene rings is 1. The van der Waals surface area contributed by atoms with Gasteiger partial charge in [-0.3, -0.25) is 9.36 Å². The van der Waals surface area contributed by atoms with E-state index in [-0.39, 0.29) is 12.2 Å². The van der Waals surface area contributed by atoms with Crippen molar-refractivity contribution < 1.29 is 14.3 Å². The van der Waals surface area contributed by atoms with Crippen molar-refractivity contribution in [1.82, 2.24) is 4.57 Å². The van der Waals surface area contributed by atoms with E-state index in [1.165, 1.54) is 22.7 Å². The van der Waals surface area contributed by atoms with Crippen molar-refractivity contribution in [2.45, 2.75) is 13.0 Å². The molecular formula is C24H25N3O4S2. The molecule has 1 aromatic carbocycles. The monoisotopic (exact) mass is 483 g/mol. The maximum atomic E-state index is 13.5. The molecule has 3 aromatic rings. The number of aromatic nitrogens is 1. The van der Waals surface area contributed by atoms with Crippen molar-refractivity contribution >= 4 is 40.4 Å². The fourth-order valence-corrected chi connectivity index (χ4v) is 5.48. The number of nitrogens with zero attached hydrogens (tertiary/aromatic N) is 3. The van der Waals surface area contributed by atoms with Gasteiger partial charge in [0.2, 0.25) is 0 Å². The summed E-state index contributed by atoms with van der Waals surface area (Å²) in [5.41, 5.74) is 2.76. The van der Waals surface area contributed by atoms with Crippen LogP contribution >= 0.6 is 22.7 Å². The van der Waals surface area contributed by atoms with Crippen LogP contribution in [0.4, 0.5) is 5.69 Å². The highest BCUT2D eigenvalue weighted by molar-refractivity contribution is 7.10. The van der Waals surface area contributed by atoms with Gasteiger partial charge in [-0.05, 0) is 42.1 Å². The van der Waals surface area contributed by atoms with Crippen LogP contribution in [0, 0.1) is 0 Å². The molecule has 7 nitrogen and oxygen atoms in total. The predicted octanol–water partition coefficient (Wildman–Crippen LogP) is 2.55. The molecule has 1 atom stereocenters. The summed E-state index contributed by atoms with van der Waals surface area (Å²) >= 11 is 2.82. The van der Waals surface area contributed by atoms with Gasteiger partial charge in [0.15, 0.2) is 4.80 Å². The number of carbonyl (C=O) groups is 1. The van der Waals surface area contributed by atoms with Crippen molar-refractivity contribution in [3.63, 3.8) is 0 Å². The molecule has 0 aliphatic carbocycles. The minimum Gasteiger partial charge on any atom is -0.460 e. The van der Waals surface area contributed by atoms with Crippen LogP contribution in [0.25, 0.3) is 6.08 Å². The highest BCUT2D eigenvalue weighted by Gasteiger charge is 2.34. The van der Waals surface area contributed by atoms with Crippen molar-refractivity contribution in [3.05, 3.63) is 83.2 Å². The molecule has 0 saturated carbocycles. The lowest BCUT2D eigenvalue weighted by atomic mass is 10.0. The van der Waals surface area contributed by atoms with Gasteiger partial charge in [0.25, 0.3) is 5.56 Å². The quantitative estimate of drug-likeness (QED) is 0.382. The van der Waals surface area contributed by atoms with Gasteiger partial charge in [-0.25, -0.2) is 9.79 Å². The first-order valence-corrected chi connectivity index (χ1v) is 12.1. The largest absolute Gasteiger partial charge is 0.460 e. The van der Waals surface area contributed by atoms with Gasteiger partial charge in [-0.2, -0.15) is 0 Å². The van der Waals surface area contributed by atoms with Crippen LogP contribution < -0.4 is 19.8 Å². The summed E-state index contributed by atoms with van der Waals surface area (Å²) in [6, 6.07) is 11.2. The molecule has 1 aliphatic heterocycles. The van der Waals surface area contributed by atoms with E-state index in [4.69, 9.17) is 9.47 Å². The van der Waals surface area contributed by atoms with Gasteiger partial charge in [-0.15, -0.1) is 11.3 Å². The lowest BCUT2D eigenvalue weighted by molar-refractivity contribution is -0.140. The Kier molecular flexibility index (Phi) is 6.92.